The summed E-state index contributed by atoms with van der Waals surface area (Å²) in [6, 6.07) is 23.6. The molecule has 3 aromatic rings. The van der Waals surface area contributed by atoms with Crippen LogP contribution in [0.5, 0.6) is 0 Å². The molecule has 0 unspecified atom stereocenters. The van der Waals surface area contributed by atoms with E-state index < -0.39 is 11.5 Å². The summed E-state index contributed by atoms with van der Waals surface area (Å²) in [5.74, 6) is -1.03. The van der Waals surface area contributed by atoms with E-state index in [0.717, 1.165) is 5.56 Å². The van der Waals surface area contributed by atoms with Crippen molar-refractivity contribution >= 4 is 23.2 Å². The zero-order valence-electron chi connectivity index (χ0n) is 19.0. The lowest BCUT2D eigenvalue weighted by Crippen LogP contribution is -2.44. The van der Waals surface area contributed by atoms with Crippen LogP contribution in [-0.4, -0.2) is 28.6 Å². The minimum absolute atomic E-state index is 0.0140. The van der Waals surface area contributed by atoms with E-state index in [1.165, 1.54) is 0 Å². The van der Waals surface area contributed by atoms with Crippen molar-refractivity contribution in [2.75, 3.05) is 16.8 Å². The van der Waals surface area contributed by atoms with Crippen molar-refractivity contribution in [1.82, 2.24) is 0 Å². The van der Waals surface area contributed by atoms with Gasteiger partial charge in [0.1, 0.15) is 0 Å². The van der Waals surface area contributed by atoms with Crippen LogP contribution in [0.3, 0.4) is 0 Å². The Morgan fingerprint density at radius 3 is 2.41 bits per heavy atom. The fourth-order valence-electron chi connectivity index (χ4n) is 4.24. The maximum absolute atomic E-state index is 13.5. The summed E-state index contributed by atoms with van der Waals surface area (Å²) in [6.45, 7) is 2.11. The molecule has 0 saturated carbocycles. The Labute approximate surface area is 199 Å². The van der Waals surface area contributed by atoms with Gasteiger partial charge in [-0.3, -0.25) is 9.59 Å². The first kappa shape index (κ1) is 23.4. The highest BCUT2D eigenvalue weighted by molar-refractivity contribution is 6.07. The van der Waals surface area contributed by atoms with E-state index >= 15 is 0 Å². The highest BCUT2D eigenvalue weighted by atomic mass is 16.3. The summed E-state index contributed by atoms with van der Waals surface area (Å²) in [6.07, 6.45) is 4.02. The van der Waals surface area contributed by atoms with E-state index in [1.807, 2.05) is 48.5 Å². The molecule has 0 bridgehead atoms. The van der Waals surface area contributed by atoms with Crippen molar-refractivity contribution in [3.63, 3.8) is 0 Å². The van der Waals surface area contributed by atoms with Crippen LogP contribution in [-0.2, 0) is 16.9 Å². The summed E-state index contributed by atoms with van der Waals surface area (Å²) in [5.41, 5.74) is 1.68. The molecule has 4 rings (SSSR count). The third-order valence-corrected chi connectivity index (χ3v) is 6.14. The number of hydrogen-bond donors (Lipinski definition) is 3. The third-order valence-electron chi connectivity index (χ3n) is 6.14. The topological polar surface area (TPSA) is 89.9 Å². The Kier molecular flexibility index (Phi) is 6.91. The van der Waals surface area contributed by atoms with Gasteiger partial charge in [-0.15, -0.1) is 0 Å². The van der Waals surface area contributed by atoms with Crippen molar-refractivity contribution in [2.24, 2.45) is 5.92 Å². The molecule has 2 atom stereocenters. The van der Waals surface area contributed by atoms with Gasteiger partial charge in [-0.1, -0.05) is 67.6 Å². The van der Waals surface area contributed by atoms with E-state index in [9.17, 15) is 14.7 Å². The number of benzene rings is 3. The number of rotatable bonds is 8. The monoisotopic (exact) mass is 456 g/mol. The maximum Gasteiger partial charge on any atom is 0.264 e. The van der Waals surface area contributed by atoms with E-state index in [1.54, 1.807) is 54.3 Å². The molecule has 3 N–H and O–H groups in total. The van der Waals surface area contributed by atoms with Crippen molar-refractivity contribution in [2.45, 2.75) is 25.5 Å². The Hall–Kier alpha value is -3.74. The number of anilines is 2. The number of nitrogens with zero attached hydrogens (tertiary/aromatic N) is 1. The van der Waals surface area contributed by atoms with E-state index in [-0.39, 0.29) is 25.0 Å². The Morgan fingerprint density at radius 2 is 1.71 bits per heavy atom. The summed E-state index contributed by atoms with van der Waals surface area (Å²) < 4.78 is 0. The van der Waals surface area contributed by atoms with Crippen molar-refractivity contribution < 1.29 is 19.8 Å². The van der Waals surface area contributed by atoms with Gasteiger partial charge in [0, 0.05) is 29.3 Å². The van der Waals surface area contributed by atoms with Crippen molar-refractivity contribution in [3.8, 4) is 0 Å². The molecule has 0 radical (unpaired) electrons. The van der Waals surface area contributed by atoms with Gasteiger partial charge in [0.05, 0.1) is 12.2 Å². The number of nitrogens with one attached hydrogen (secondary N) is 1. The van der Waals surface area contributed by atoms with Gasteiger partial charge in [-0.25, -0.2) is 0 Å². The normalized spacial score (nSPS) is 18.2. The van der Waals surface area contributed by atoms with Crippen LogP contribution in [0.2, 0.25) is 0 Å². The molecule has 0 spiro atoms. The van der Waals surface area contributed by atoms with Gasteiger partial charge < -0.3 is 20.4 Å². The largest absolute Gasteiger partial charge is 0.396 e. The minimum atomic E-state index is -1.67. The molecule has 0 aliphatic carbocycles. The number of para-hydroxylation sites is 1. The van der Waals surface area contributed by atoms with Gasteiger partial charge in [0.15, 0.2) is 5.60 Å². The number of amides is 2. The maximum atomic E-state index is 13.5. The van der Waals surface area contributed by atoms with Crippen LogP contribution >= 0.6 is 0 Å². The van der Waals surface area contributed by atoms with E-state index in [2.05, 4.69) is 5.32 Å². The predicted molar refractivity (Wildman–Crippen MR) is 132 cm³/mol. The summed E-state index contributed by atoms with van der Waals surface area (Å²) in [4.78, 5) is 27.4. The molecule has 174 valence electrons. The zero-order valence-corrected chi connectivity index (χ0v) is 19.0. The second kappa shape index (κ2) is 10.0. The van der Waals surface area contributed by atoms with Gasteiger partial charge in [-0.2, -0.15) is 0 Å². The van der Waals surface area contributed by atoms with E-state index in [0.29, 0.717) is 28.9 Å². The van der Waals surface area contributed by atoms with Crippen LogP contribution in [0.4, 0.5) is 11.4 Å². The van der Waals surface area contributed by atoms with Crippen LogP contribution < -0.4 is 10.2 Å². The smallest absolute Gasteiger partial charge is 0.264 e. The summed E-state index contributed by atoms with van der Waals surface area (Å²) in [7, 11) is 0. The molecule has 0 saturated heterocycles. The number of hydrogen-bond acceptors (Lipinski definition) is 4. The van der Waals surface area contributed by atoms with Crippen LogP contribution in [0.1, 0.15) is 34.8 Å². The number of aliphatic hydroxyl groups is 2. The number of carbonyl (C=O) groups is 2. The number of carbonyl (C=O) groups excluding carboxylic acids is 2. The first-order valence-electron chi connectivity index (χ1n) is 11.3. The quantitative estimate of drug-likeness (QED) is 0.442. The van der Waals surface area contributed by atoms with Crippen LogP contribution in [0.15, 0.2) is 91.0 Å². The SMILES string of the molecule is C[C@H](/C=C/CCO)[C@@]1(O)C(=O)N(Cc2ccc(NC(=O)c3ccccc3)cc2)c2ccccc21. The molecular weight excluding hydrogens is 428 g/mol. The van der Waals surface area contributed by atoms with E-state index in [4.69, 9.17) is 5.11 Å². The summed E-state index contributed by atoms with van der Waals surface area (Å²) in [5, 5.41) is 23.4. The predicted octanol–water partition coefficient (Wildman–Crippen LogP) is 4.25. The minimum Gasteiger partial charge on any atom is -0.396 e. The molecule has 1 aliphatic heterocycles. The van der Waals surface area contributed by atoms with Gasteiger partial charge >= 0.3 is 0 Å². The molecule has 1 aliphatic rings. The second-order valence-corrected chi connectivity index (χ2v) is 8.42. The van der Waals surface area contributed by atoms with Crippen LogP contribution in [0.25, 0.3) is 0 Å². The van der Waals surface area contributed by atoms with Gasteiger partial charge in [0.2, 0.25) is 0 Å². The fraction of sp³-hybridized carbons (Fsp3) is 0.214. The Bertz CT molecular complexity index is 1190. The first-order valence-corrected chi connectivity index (χ1v) is 11.3. The first-order chi connectivity index (χ1) is 16.4. The van der Waals surface area contributed by atoms with Gasteiger partial charge in [0.25, 0.3) is 11.8 Å². The molecule has 0 fully saturated rings. The zero-order chi connectivity index (χ0) is 24.1. The van der Waals surface area contributed by atoms with Gasteiger partial charge in [-0.05, 0) is 42.3 Å². The van der Waals surface area contributed by atoms with Crippen molar-refractivity contribution in [1.29, 1.82) is 0 Å². The molecule has 0 aromatic heterocycles. The average Bonchev–Trinajstić information content (AvgIpc) is 3.08. The highest BCUT2D eigenvalue weighted by Gasteiger charge is 2.52. The second-order valence-electron chi connectivity index (χ2n) is 8.42. The number of fused-ring (bicyclic) bond motifs is 1. The molecule has 34 heavy (non-hydrogen) atoms. The molecule has 2 amide bonds. The molecule has 6 heteroatoms. The molecule has 3 aromatic carbocycles. The lowest BCUT2D eigenvalue weighted by Gasteiger charge is -2.27. The lowest BCUT2D eigenvalue weighted by molar-refractivity contribution is -0.139. The molecule has 6 nitrogen and oxygen atoms in total. The molecular formula is C28H28N2O4. The number of aliphatic hydroxyl groups excluding tert-OH is 1. The fourth-order valence-corrected chi connectivity index (χ4v) is 4.24. The molecule has 1 heterocycles. The Balaban J connectivity index is 1.52. The standard InChI is InChI=1S/C28H28N2O4/c1-20(9-7-8-18-31)28(34)24-12-5-6-13-25(24)30(27(28)33)19-21-14-16-23(17-15-21)29-26(32)22-10-3-2-4-11-22/h2-7,9-17,20,31,34H,8,18-19H2,1H3,(H,29,32)/b9-7+/t20-,28+/m1/s1. The Morgan fingerprint density at radius 1 is 1.03 bits per heavy atom. The van der Waals surface area contributed by atoms with Crippen LogP contribution in [0, 0.1) is 5.92 Å². The third kappa shape index (κ3) is 4.51. The van der Waals surface area contributed by atoms with Crippen molar-refractivity contribution in [3.05, 3.63) is 108 Å². The highest BCUT2D eigenvalue weighted by Crippen LogP contribution is 2.45. The average molecular weight is 457 g/mol. The lowest BCUT2D eigenvalue weighted by atomic mass is 9.83. The summed E-state index contributed by atoms with van der Waals surface area (Å²) >= 11 is 0.